The molecule has 0 bridgehead atoms. The van der Waals surface area contributed by atoms with Gasteiger partial charge >= 0.3 is 0 Å². The number of carbonyl (C=O) groups excluding carboxylic acids is 1. The molecule has 2 N–H and O–H groups in total. The van der Waals surface area contributed by atoms with Crippen molar-refractivity contribution in [2.45, 2.75) is 31.8 Å². The van der Waals surface area contributed by atoms with Crippen molar-refractivity contribution in [3.8, 4) is 0 Å². The summed E-state index contributed by atoms with van der Waals surface area (Å²) in [5.41, 5.74) is 0.959. The van der Waals surface area contributed by atoms with Crippen LogP contribution in [0, 0.1) is 10.1 Å². The Kier molecular flexibility index (Phi) is 4.34. The fourth-order valence-corrected chi connectivity index (χ4v) is 2.10. The molecule has 1 aromatic rings. The number of nitro benzene ring substituents is 1. The van der Waals surface area contributed by atoms with E-state index in [1.54, 1.807) is 12.1 Å². The number of nitrogens with one attached hydrogen (secondary N) is 2. The summed E-state index contributed by atoms with van der Waals surface area (Å²) in [5, 5.41) is 13.7. The second kappa shape index (κ2) is 6.00. The predicted octanol–water partition coefficient (Wildman–Crippen LogP) is 0.449. The molecule has 2 rings (SSSR count). The van der Waals surface area contributed by atoms with Gasteiger partial charge < -0.3 is 10.2 Å². The Morgan fingerprint density at radius 2 is 2.25 bits per heavy atom. The molecular weight excluding hydrogens is 258 g/mol. The second-order valence-corrected chi connectivity index (χ2v) is 5.44. The molecule has 1 aliphatic rings. The van der Waals surface area contributed by atoms with Gasteiger partial charge in [0.1, 0.15) is 6.04 Å². The third kappa shape index (κ3) is 3.77. The highest BCUT2D eigenvalue weighted by Gasteiger charge is 2.26. The van der Waals surface area contributed by atoms with E-state index in [1.807, 2.05) is 20.0 Å². The number of likely N-dealkylation sites (N-methyl/N-ethyl adjacent to an activating group) is 1. The molecule has 6 nitrogen and oxygen atoms in total. The number of nitrogens with zero attached hydrogens (tertiary/aromatic N) is 1. The number of rotatable bonds is 6. The maximum Gasteiger partial charge on any atom is 0.275 e. The monoisotopic (exact) mass is 278 g/mol. The fourth-order valence-electron chi connectivity index (χ4n) is 2.10. The Hall–Kier alpha value is -1.95. The van der Waals surface area contributed by atoms with Crippen molar-refractivity contribution in [2.24, 2.45) is 0 Å². The summed E-state index contributed by atoms with van der Waals surface area (Å²) in [6, 6.07) is 6.99. The van der Waals surface area contributed by atoms with Gasteiger partial charge in [0.05, 0.1) is 12.0 Å². The van der Waals surface area contributed by atoms with E-state index in [1.165, 1.54) is 6.07 Å². The van der Waals surface area contributed by atoms with Crippen molar-refractivity contribution in [1.82, 2.24) is 5.32 Å². The molecule has 108 valence electrons. The smallest absolute Gasteiger partial charge is 0.275 e. The van der Waals surface area contributed by atoms with Crippen molar-refractivity contribution in [3.05, 3.63) is 39.9 Å². The minimum atomic E-state index is -0.397. The summed E-state index contributed by atoms with van der Waals surface area (Å²) in [7, 11) is 1.93. The quantitative estimate of drug-likeness (QED) is 0.586. The lowest BCUT2D eigenvalue weighted by Crippen LogP contribution is -3.10. The van der Waals surface area contributed by atoms with Crippen molar-refractivity contribution >= 4 is 11.6 Å². The zero-order valence-electron chi connectivity index (χ0n) is 11.8. The van der Waals surface area contributed by atoms with Gasteiger partial charge in [0.2, 0.25) is 0 Å². The lowest BCUT2D eigenvalue weighted by Gasteiger charge is -2.21. The summed E-state index contributed by atoms with van der Waals surface area (Å²) in [4.78, 5) is 23.2. The molecule has 6 heteroatoms. The third-order valence-corrected chi connectivity index (χ3v) is 3.70. The minimum Gasteiger partial charge on any atom is -0.348 e. The van der Waals surface area contributed by atoms with Gasteiger partial charge in [0.25, 0.3) is 11.6 Å². The summed E-state index contributed by atoms with van der Waals surface area (Å²) in [6.07, 6.45) is 2.15. The van der Waals surface area contributed by atoms with Gasteiger partial charge in [-0.1, -0.05) is 12.1 Å². The largest absolute Gasteiger partial charge is 0.348 e. The standard InChI is InChI=1S/C14H19N3O3/c1-10(11-4-3-5-13(8-11)17(19)20)16(2)9-14(18)15-12-6-7-12/h3-5,8,10,12H,6-7,9H2,1-2H3,(H,15,18)/p+1/t10-/m1/s1. The van der Waals surface area contributed by atoms with Crippen LogP contribution in [0.5, 0.6) is 0 Å². The number of amides is 1. The molecule has 0 radical (unpaired) electrons. The van der Waals surface area contributed by atoms with Crippen LogP contribution in [0.3, 0.4) is 0 Å². The topological polar surface area (TPSA) is 76.7 Å². The van der Waals surface area contributed by atoms with Crippen LogP contribution in [0.4, 0.5) is 5.69 Å². The summed E-state index contributed by atoms with van der Waals surface area (Å²) >= 11 is 0. The van der Waals surface area contributed by atoms with Gasteiger partial charge in [0.15, 0.2) is 6.54 Å². The van der Waals surface area contributed by atoms with Crippen LogP contribution in [0.25, 0.3) is 0 Å². The van der Waals surface area contributed by atoms with E-state index in [2.05, 4.69) is 5.32 Å². The van der Waals surface area contributed by atoms with Gasteiger partial charge in [-0.05, 0) is 19.8 Å². The normalized spacial score (nSPS) is 17.3. The molecule has 1 aromatic carbocycles. The van der Waals surface area contributed by atoms with Crippen LogP contribution >= 0.6 is 0 Å². The number of nitro groups is 1. The highest BCUT2D eigenvalue weighted by molar-refractivity contribution is 5.77. The zero-order valence-corrected chi connectivity index (χ0v) is 11.8. The van der Waals surface area contributed by atoms with E-state index in [0.29, 0.717) is 12.6 Å². The predicted molar refractivity (Wildman–Crippen MR) is 74.4 cm³/mol. The van der Waals surface area contributed by atoms with E-state index >= 15 is 0 Å². The van der Waals surface area contributed by atoms with Crippen LogP contribution in [-0.4, -0.2) is 30.5 Å². The van der Waals surface area contributed by atoms with Gasteiger partial charge in [-0.3, -0.25) is 14.9 Å². The van der Waals surface area contributed by atoms with Gasteiger partial charge in [-0.2, -0.15) is 0 Å². The van der Waals surface area contributed by atoms with Crippen LogP contribution in [0.2, 0.25) is 0 Å². The molecule has 0 saturated heterocycles. The zero-order chi connectivity index (χ0) is 14.7. The Balaban J connectivity index is 1.97. The van der Waals surface area contributed by atoms with Gasteiger partial charge in [0, 0.05) is 23.7 Å². The SMILES string of the molecule is C[C@H](c1cccc([N+](=O)[O-])c1)[NH+](C)CC(=O)NC1CC1. The number of hydrogen-bond donors (Lipinski definition) is 2. The Morgan fingerprint density at radius 3 is 2.85 bits per heavy atom. The second-order valence-electron chi connectivity index (χ2n) is 5.44. The number of quaternary nitrogens is 1. The van der Waals surface area contributed by atoms with E-state index in [9.17, 15) is 14.9 Å². The maximum absolute atomic E-state index is 11.8. The lowest BCUT2D eigenvalue weighted by molar-refractivity contribution is -0.902. The first-order valence-corrected chi connectivity index (χ1v) is 6.83. The van der Waals surface area contributed by atoms with E-state index < -0.39 is 4.92 Å². The minimum absolute atomic E-state index is 0.0276. The van der Waals surface area contributed by atoms with E-state index in [-0.39, 0.29) is 17.6 Å². The van der Waals surface area contributed by atoms with E-state index in [0.717, 1.165) is 23.3 Å². The van der Waals surface area contributed by atoms with Crippen LogP contribution in [0.1, 0.15) is 31.4 Å². The van der Waals surface area contributed by atoms with Crippen molar-refractivity contribution in [3.63, 3.8) is 0 Å². The number of benzene rings is 1. The first-order chi connectivity index (χ1) is 9.47. The van der Waals surface area contributed by atoms with Gasteiger partial charge in [-0.25, -0.2) is 0 Å². The van der Waals surface area contributed by atoms with Crippen LogP contribution in [0.15, 0.2) is 24.3 Å². The van der Waals surface area contributed by atoms with Crippen molar-refractivity contribution < 1.29 is 14.6 Å². The molecule has 1 aliphatic carbocycles. The lowest BCUT2D eigenvalue weighted by atomic mass is 10.1. The van der Waals surface area contributed by atoms with E-state index in [4.69, 9.17) is 0 Å². The molecule has 1 fully saturated rings. The summed E-state index contributed by atoms with van der Waals surface area (Å²) < 4.78 is 0. The third-order valence-electron chi connectivity index (χ3n) is 3.70. The first-order valence-electron chi connectivity index (χ1n) is 6.83. The van der Waals surface area contributed by atoms with Crippen molar-refractivity contribution in [2.75, 3.05) is 13.6 Å². The molecule has 1 unspecified atom stereocenters. The molecule has 1 saturated carbocycles. The Bertz CT molecular complexity index is 514. The maximum atomic E-state index is 11.8. The average molecular weight is 278 g/mol. The molecule has 1 amide bonds. The Morgan fingerprint density at radius 1 is 1.55 bits per heavy atom. The van der Waals surface area contributed by atoms with Crippen molar-refractivity contribution in [1.29, 1.82) is 0 Å². The molecule has 0 aliphatic heterocycles. The Labute approximate surface area is 117 Å². The molecule has 0 heterocycles. The highest BCUT2D eigenvalue weighted by Crippen LogP contribution is 2.18. The summed E-state index contributed by atoms with van der Waals surface area (Å²) in [5.74, 6) is 0.0438. The van der Waals surface area contributed by atoms with Crippen LogP contribution < -0.4 is 10.2 Å². The number of non-ortho nitro benzene ring substituents is 1. The fraction of sp³-hybridized carbons (Fsp3) is 0.500. The molecule has 20 heavy (non-hydrogen) atoms. The molecule has 2 atom stereocenters. The summed E-state index contributed by atoms with van der Waals surface area (Å²) in [6.45, 7) is 2.35. The highest BCUT2D eigenvalue weighted by atomic mass is 16.6. The van der Waals surface area contributed by atoms with Crippen LogP contribution in [-0.2, 0) is 4.79 Å². The number of hydrogen-bond acceptors (Lipinski definition) is 3. The first kappa shape index (κ1) is 14.5. The molecular formula is C14H20N3O3+. The number of carbonyl (C=O) groups is 1. The average Bonchev–Trinajstić information content (AvgIpc) is 3.21. The van der Waals surface area contributed by atoms with Gasteiger partial charge in [-0.15, -0.1) is 0 Å². The molecule has 0 aromatic heterocycles. The molecule has 0 spiro atoms.